The van der Waals surface area contributed by atoms with E-state index in [9.17, 15) is 4.79 Å². The fraction of sp³-hybridized carbons (Fsp3) is 0.615. The van der Waals surface area contributed by atoms with Gasteiger partial charge in [-0.25, -0.2) is 0 Å². The molecule has 0 aromatic carbocycles. The van der Waals surface area contributed by atoms with Crippen molar-refractivity contribution >= 4 is 33.0 Å². The molecule has 2 heterocycles. The van der Waals surface area contributed by atoms with E-state index in [1.54, 1.807) is 11.3 Å². The Kier molecular flexibility index (Phi) is 4.06. The molecule has 2 nitrogen and oxygen atoms in total. The Morgan fingerprint density at radius 1 is 1.47 bits per heavy atom. The summed E-state index contributed by atoms with van der Waals surface area (Å²) in [7, 11) is 0. The second-order valence-electron chi connectivity index (χ2n) is 5.08. The van der Waals surface area contributed by atoms with Gasteiger partial charge in [0.15, 0.2) is 5.78 Å². The predicted octanol–water partition coefficient (Wildman–Crippen LogP) is 3.50. The Bertz CT molecular complexity index is 407. The number of nitrogens with zero attached hydrogens (tertiary/aromatic N) is 1. The number of likely N-dealkylation sites (tertiary alicyclic amines) is 1. The zero-order valence-electron chi connectivity index (χ0n) is 10.3. The first-order valence-electron chi connectivity index (χ1n) is 6.01. The quantitative estimate of drug-likeness (QED) is 0.847. The fourth-order valence-electron chi connectivity index (χ4n) is 2.27. The lowest BCUT2D eigenvalue weighted by Crippen LogP contribution is -2.49. The molecular weight excluding hydrogens is 298 g/mol. The van der Waals surface area contributed by atoms with Crippen molar-refractivity contribution in [2.45, 2.75) is 38.6 Å². The molecule has 0 aliphatic carbocycles. The second-order valence-corrected chi connectivity index (χ2v) is 7.00. The molecule has 1 saturated heterocycles. The van der Waals surface area contributed by atoms with E-state index in [0.717, 1.165) is 22.4 Å². The third-order valence-corrected chi connectivity index (χ3v) is 5.23. The first-order valence-corrected chi connectivity index (χ1v) is 7.68. The van der Waals surface area contributed by atoms with Gasteiger partial charge in [-0.2, -0.15) is 0 Å². The van der Waals surface area contributed by atoms with E-state index < -0.39 is 0 Å². The molecule has 94 valence electrons. The van der Waals surface area contributed by atoms with Crippen molar-refractivity contribution in [3.8, 4) is 0 Å². The fourth-order valence-corrected chi connectivity index (χ4v) is 3.72. The van der Waals surface area contributed by atoms with Gasteiger partial charge < -0.3 is 0 Å². The molecule has 1 aromatic rings. The standard InChI is InChI=1S/C13H18BrNOS/c1-13(2,15-5-3-4-6-15)12(16)8-11-7-10(14)9-17-11/h7,9H,3-6,8H2,1-2H3. The highest BCUT2D eigenvalue weighted by Gasteiger charge is 2.35. The summed E-state index contributed by atoms with van der Waals surface area (Å²) in [5.41, 5.74) is -0.313. The lowest BCUT2D eigenvalue weighted by Gasteiger charge is -2.33. The van der Waals surface area contributed by atoms with Crippen LogP contribution in [0.2, 0.25) is 0 Å². The van der Waals surface area contributed by atoms with Crippen LogP contribution in [0.3, 0.4) is 0 Å². The third kappa shape index (κ3) is 2.98. The lowest BCUT2D eigenvalue weighted by molar-refractivity contribution is -0.128. The van der Waals surface area contributed by atoms with Crippen LogP contribution in [0.5, 0.6) is 0 Å². The van der Waals surface area contributed by atoms with E-state index in [0.29, 0.717) is 12.2 Å². The Labute approximate surface area is 115 Å². The zero-order valence-corrected chi connectivity index (χ0v) is 12.7. The SMILES string of the molecule is CC(C)(C(=O)Cc1cc(Br)cs1)N1CCCC1. The third-order valence-electron chi connectivity index (χ3n) is 3.54. The van der Waals surface area contributed by atoms with Crippen LogP contribution in [0.25, 0.3) is 0 Å². The molecule has 2 rings (SSSR count). The maximum Gasteiger partial charge on any atom is 0.157 e. The summed E-state index contributed by atoms with van der Waals surface area (Å²) in [6.45, 7) is 6.24. The Hall–Kier alpha value is -0.190. The van der Waals surface area contributed by atoms with E-state index in [2.05, 4.69) is 34.7 Å². The molecule has 0 saturated carbocycles. The van der Waals surface area contributed by atoms with Gasteiger partial charge in [0.1, 0.15) is 0 Å². The molecule has 0 radical (unpaired) electrons. The normalized spacial score (nSPS) is 17.6. The van der Waals surface area contributed by atoms with Gasteiger partial charge in [-0.15, -0.1) is 11.3 Å². The van der Waals surface area contributed by atoms with Crippen LogP contribution in [0, 0.1) is 0 Å². The molecule has 4 heteroatoms. The van der Waals surface area contributed by atoms with Crippen LogP contribution in [-0.2, 0) is 11.2 Å². The Balaban J connectivity index is 2.03. The van der Waals surface area contributed by atoms with Crippen molar-refractivity contribution < 1.29 is 4.79 Å². The molecule has 0 N–H and O–H groups in total. The molecule has 0 bridgehead atoms. The summed E-state index contributed by atoms with van der Waals surface area (Å²) in [5, 5.41) is 2.03. The molecule has 1 aliphatic rings. The number of ketones is 1. The molecule has 1 aliphatic heterocycles. The van der Waals surface area contributed by atoms with Crippen LogP contribution in [0.15, 0.2) is 15.9 Å². The van der Waals surface area contributed by atoms with Gasteiger partial charge in [-0.05, 0) is 61.8 Å². The summed E-state index contributed by atoms with van der Waals surface area (Å²) >= 11 is 5.08. The van der Waals surface area contributed by atoms with Crippen molar-refractivity contribution in [1.82, 2.24) is 4.90 Å². The van der Waals surface area contributed by atoms with Gasteiger partial charge in [0.05, 0.1) is 5.54 Å². The van der Waals surface area contributed by atoms with Crippen LogP contribution in [0.4, 0.5) is 0 Å². The first-order chi connectivity index (χ1) is 8.00. The number of hydrogen-bond acceptors (Lipinski definition) is 3. The van der Waals surface area contributed by atoms with Gasteiger partial charge in [0, 0.05) is 21.2 Å². The highest BCUT2D eigenvalue weighted by atomic mass is 79.9. The van der Waals surface area contributed by atoms with E-state index >= 15 is 0 Å². The van der Waals surface area contributed by atoms with E-state index in [1.807, 2.05) is 11.4 Å². The topological polar surface area (TPSA) is 20.3 Å². The minimum Gasteiger partial charge on any atom is -0.297 e. The number of carbonyl (C=O) groups excluding carboxylic acids is 1. The van der Waals surface area contributed by atoms with Crippen molar-refractivity contribution in [2.24, 2.45) is 0 Å². The van der Waals surface area contributed by atoms with Crippen LogP contribution in [-0.4, -0.2) is 29.3 Å². The van der Waals surface area contributed by atoms with Crippen molar-refractivity contribution in [1.29, 1.82) is 0 Å². The van der Waals surface area contributed by atoms with Gasteiger partial charge in [0.2, 0.25) is 0 Å². The van der Waals surface area contributed by atoms with Crippen LogP contribution < -0.4 is 0 Å². The largest absolute Gasteiger partial charge is 0.297 e. The number of carbonyl (C=O) groups is 1. The Morgan fingerprint density at radius 2 is 2.12 bits per heavy atom. The minimum atomic E-state index is -0.313. The van der Waals surface area contributed by atoms with Crippen LogP contribution >= 0.6 is 27.3 Å². The molecule has 0 spiro atoms. The number of rotatable bonds is 4. The van der Waals surface area contributed by atoms with Gasteiger partial charge in [-0.3, -0.25) is 9.69 Å². The van der Waals surface area contributed by atoms with E-state index in [-0.39, 0.29) is 5.54 Å². The number of thiophene rings is 1. The maximum atomic E-state index is 12.4. The summed E-state index contributed by atoms with van der Waals surface area (Å²) in [6, 6.07) is 2.04. The van der Waals surface area contributed by atoms with Crippen molar-refractivity contribution in [3.05, 3.63) is 20.8 Å². The average molecular weight is 316 g/mol. The lowest BCUT2D eigenvalue weighted by atomic mass is 9.94. The van der Waals surface area contributed by atoms with Crippen molar-refractivity contribution in [3.63, 3.8) is 0 Å². The van der Waals surface area contributed by atoms with Gasteiger partial charge >= 0.3 is 0 Å². The highest BCUT2D eigenvalue weighted by Crippen LogP contribution is 2.26. The van der Waals surface area contributed by atoms with Gasteiger partial charge in [0.25, 0.3) is 0 Å². The molecule has 0 atom stereocenters. The molecule has 1 fully saturated rings. The van der Waals surface area contributed by atoms with Crippen LogP contribution in [0.1, 0.15) is 31.6 Å². The number of hydrogen-bond donors (Lipinski definition) is 0. The minimum absolute atomic E-state index is 0.313. The van der Waals surface area contributed by atoms with Crippen molar-refractivity contribution in [2.75, 3.05) is 13.1 Å². The van der Waals surface area contributed by atoms with Gasteiger partial charge in [-0.1, -0.05) is 0 Å². The highest BCUT2D eigenvalue weighted by molar-refractivity contribution is 9.10. The van der Waals surface area contributed by atoms with E-state index in [4.69, 9.17) is 0 Å². The zero-order chi connectivity index (χ0) is 12.5. The second kappa shape index (κ2) is 5.21. The monoisotopic (exact) mass is 315 g/mol. The molecule has 17 heavy (non-hydrogen) atoms. The molecule has 1 aromatic heterocycles. The number of halogens is 1. The smallest absolute Gasteiger partial charge is 0.157 e. The molecule has 0 unspecified atom stereocenters. The predicted molar refractivity (Wildman–Crippen MR) is 75.6 cm³/mol. The summed E-state index contributed by atoms with van der Waals surface area (Å²) in [6.07, 6.45) is 3.00. The summed E-state index contributed by atoms with van der Waals surface area (Å²) in [4.78, 5) is 15.8. The average Bonchev–Trinajstić information content (AvgIpc) is 2.89. The first kappa shape index (κ1) is 13.2. The number of Topliss-reactive ketones (excluding diaryl/α,β-unsaturated/α-hetero) is 1. The summed E-state index contributed by atoms with van der Waals surface area (Å²) < 4.78 is 1.07. The molecular formula is C13H18BrNOS. The Morgan fingerprint density at radius 3 is 2.65 bits per heavy atom. The van der Waals surface area contributed by atoms with E-state index in [1.165, 1.54) is 12.8 Å². The summed E-state index contributed by atoms with van der Waals surface area (Å²) in [5.74, 6) is 0.328. The molecule has 0 amide bonds. The maximum absolute atomic E-state index is 12.4.